The molecule has 0 spiro atoms. The van der Waals surface area contributed by atoms with Crippen LogP contribution in [0.25, 0.3) is 0 Å². The first-order valence-corrected chi connectivity index (χ1v) is 7.59. The van der Waals surface area contributed by atoms with Gasteiger partial charge in [-0.3, -0.25) is 0 Å². The summed E-state index contributed by atoms with van der Waals surface area (Å²) in [4.78, 5) is 1.37. The predicted molar refractivity (Wildman–Crippen MR) is 82.4 cm³/mol. The SMILES string of the molecule is CCNC(Cc1cccs1)c1ccc(Cl)c(OC)c1. The van der Waals surface area contributed by atoms with Gasteiger partial charge in [0, 0.05) is 17.3 Å². The molecule has 0 aliphatic heterocycles. The van der Waals surface area contributed by atoms with E-state index >= 15 is 0 Å². The fourth-order valence-electron chi connectivity index (χ4n) is 2.08. The summed E-state index contributed by atoms with van der Waals surface area (Å²) in [5.74, 6) is 0.730. The van der Waals surface area contributed by atoms with E-state index in [4.69, 9.17) is 16.3 Å². The number of thiophene rings is 1. The molecular formula is C15H18ClNOS. The van der Waals surface area contributed by atoms with Gasteiger partial charge in [0.05, 0.1) is 12.1 Å². The highest BCUT2D eigenvalue weighted by Crippen LogP contribution is 2.29. The van der Waals surface area contributed by atoms with Crippen LogP contribution in [0, 0.1) is 0 Å². The number of methoxy groups -OCH3 is 1. The Morgan fingerprint density at radius 1 is 1.37 bits per heavy atom. The molecule has 1 aromatic carbocycles. The van der Waals surface area contributed by atoms with E-state index in [0.29, 0.717) is 5.02 Å². The van der Waals surface area contributed by atoms with Crippen molar-refractivity contribution in [3.05, 3.63) is 51.2 Å². The van der Waals surface area contributed by atoms with Crippen LogP contribution in [0.5, 0.6) is 5.75 Å². The van der Waals surface area contributed by atoms with Gasteiger partial charge in [0.15, 0.2) is 0 Å². The topological polar surface area (TPSA) is 21.3 Å². The van der Waals surface area contributed by atoms with Gasteiger partial charge in [-0.1, -0.05) is 30.7 Å². The van der Waals surface area contributed by atoms with Crippen LogP contribution in [0.1, 0.15) is 23.4 Å². The van der Waals surface area contributed by atoms with Gasteiger partial charge in [-0.25, -0.2) is 0 Å². The first kappa shape index (κ1) is 14.4. The van der Waals surface area contributed by atoms with E-state index in [1.54, 1.807) is 18.4 Å². The normalized spacial score (nSPS) is 12.4. The number of hydrogen-bond donors (Lipinski definition) is 1. The molecule has 0 fully saturated rings. The second kappa shape index (κ2) is 6.94. The highest BCUT2D eigenvalue weighted by atomic mass is 35.5. The van der Waals surface area contributed by atoms with Crippen LogP contribution in [0.3, 0.4) is 0 Å². The van der Waals surface area contributed by atoms with Crippen molar-refractivity contribution < 1.29 is 4.74 Å². The largest absolute Gasteiger partial charge is 0.495 e. The number of rotatable bonds is 6. The van der Waals surface area contributed by atoms with Crippen molar-refractivity contribution in [3.8, 4) is 5.75 Å². The zero-order chi connectivity index (χ0) is 13.7. The highest BCUT2D eigenvalue weighted by molar-refractivity contribution is 7.09. The number of halogens is 1. The van der Waals surface area contributed by atoms with Crippen molar-refractivity contribution in [2.75, 3.05) is 13.7 Å². The highest BCUT2D eigenvalue weighted by Gasteiger charge is 2.13. The molecule has 2 nitrogen and oxygen atoms in total. The summed E-state index contributed by atoms with van der Waals surface area (Å²) in [5.41, 5.74) is 1.21. The molecule has 0 aliphatic rings. The van der Waals surface area contributed by atoms with E-state index in [9.17, 15) is 0 Å². The van der Waals surface area contributed by atoms with Gasteiger partial charge in [0.1, 0.15) is 5.75 Å². The van der Waals surface area contributed by atoms with E-state index in [0.717, 1.165) is 18.7 Å². The summed E-state index contributed by atoms with van der Waals surface area (Å²) >= 11 is 7.87. The Balaban J connectivity index is 2.22. The Morgan fingerprint density at radius 3 is 2.84 bits per heavy atom. The minimum absolute atomic E-state index is 0.287. The molecular weight excluding hydrogens is 278 g/mol. The second-order valence-electron chi connectivity index (χ2n) is 4.29. The van der Waals surface area contributed by atoms with Crippen molar-refractivity contribution in [3.63, 3.8) is 0 Å². The molecule has 1 unspecified atom stereocenters. The molecule has 0 saturated carbocycles. The molecule has 2 rings (SSSR count). The van der Waals surface area contributed by atoms with E-state index in [1.165, 1.54) is 10.4 Å². The molecule has 4 heteroatoms. The zero-order valence-electron chi connectivity index (χ0n) is 11.2. The molecule has 19 heavy (non-hydrogen) atoms. The van der Waals surface area contributed by atoms with E-state index in [1.807, 2.05) is 12.1 Å². The molecule has 0 radical (unpaired) electrons. The van der Waals surface area contributed by atoms with Crippen LogP contribution < -0.4 is 10.1 Å². The second-order valence-corrected chi connectivity index (χ2v) is 5.73. The van der Waals surface area contributed by atoms with Crippen molar-refractivity contribution in [2.45, 2.75) is 19.4 Å². The van der Waals surface area contributed by atoms with Crippen LogP contribution in [0.4, 0.5) is 0 Å². The molecule has 0 saturated heterocycles. The van der Waals surface area contributed by atoms with Gasteiger partial charge >= 0.3 is 0 Å². The third-order valence-electron chi connectivity index (χ3n) is 3.01. The number of likely N-dealkylation sites (N-methyl/N-ethyl adjacent to an activating group) is 1. The van der Waals surface area contributed by atoms with E-state index in [-0.39, 0.29) is 6.04 Å². The van der Waals surface area contributed by atoms with Crippen LogP contribution in [-0.2, 0) is 6.42 Å². The smallest absolute Gasteiger partial charge is 0.137 e. The minimum atomic E-state index is 0.287. The average molecular weight is 296 g/mol. The lowest BCUT2D eigenvalue weighted by Gasteiger charge is -2.18. The third-order valence-corrected chi connectivity index (χ3v) is 4.22. The number of benzene rings is 1. The molecule has 0 amide bonds. The Bertz CT molecular complexity index is 513. The Kier molecular flexibility index (Phi) is 5.25. The maximum Gasteiger partial charge on any atom is 0.137 e. The number of hydrogen-bond acceptors (Lipinski definition) is 3. The fourth-order valence-corrected chi connectivity index (χ4v) is 3.02. The number of nitrogens with one attached hydrogen (secondary N) is 1. The first-order chi connectivity index (χ1) is 9.24. The van der Waals surface area contributed by atoms with Gasteiger partial charge in [0.25, 0.3) is 0 Å². The Morgan fingerprint density at radius 2 is 2.21 bits per heavy atom. The van der Waals surface area contributed by atoms with Crippen LogP contribution in [0.2, 0.25) is 5.02 Å². The monoisotopic (exact) mass is 295 g/mol. The minimum Gasteiger partial charge on any atom is -0.495 e. The summed E-state index contributed by atoms with van der Waals surface area (Å²) in [6, 6.07) is 10.5. The van der Waals surface area contributed by atoms with Gasteiger partial charge in [0.2, 0.25) is 0 Å². The summed E-state index contributed by atoms with van der Waals surface area (Å²) < 4.78 is 5.29. The molecule has 1 heterocycles. The molecule has 1 aromatic heterocycles. The van der Waals surface area contributed by atoms with Crippen molar-refractivity contribution >= 4 is 22.9 Å². The Hall–Kier alpha value is -1.03. The van der Waals surface area contributed by atoms with E-state index in [2.05, 4.69) is 35.8 Å². The average Bonchev–Trinajstić information content (AvgIpc) is 2.92. The lowest BCUT2D eigenvalue weighted by molar-refractivity contribution is 0.413. The van der Waals surface area contributed by atoms with Crippen molar-refractivity contribution in [1.82, 2.24) is 5.32 Å². The number of ether oxygens (including phenoxy) is 1. The summed E-state index contributed by atoms with van der Waals surface area (Å²) in [7, 11) is 1.65. The third kappa shape index (κ3) is 3.72. The predicted octanol–water partition coefficient (Wildman–Crippen LogP) is 4.30. The van der Waals surface area contributed by atoms with Gasteiger partial charge in [-0.05, 0) is 35.7 Å². The van der Waals surface area contributed by atoms with Gasteiger partial charge < -0.3 is 10.1 Å². The summed E-state index contributed by atoms with van der Waals surface area (Å²) in [5, 5.41) is 6.28. The molecule has 1 N–H and O–H groups in total. The van der Waals surface area contributed by atoms with E-state index < -0.39 is 0 Å². The zero-order valence-corrected chi connectivity index (χ0v) is 12.7. The van der Waals surface area contributed by atoms with Crippen LogP contribution in [0.15, 0.2) is 35.7 Å². The lowest BCUT2D eigenvalue weighted by atomic mass is 10.0. The molecule has 2 aromatic rings. The maximum atomic E-state index is 6.08. The summed E-state index contributed by atoms with van der Waals surface area (Å²) in [6.07, 6.45) is 0.982. The Labute approximate surface area is 123 Å². The molecule has 0 bridgehead atoms. The fraction of sp³-hybridized carbons (Fsp3) is 0.333. The van der Waals surface area contributed by atoms with Gasteiger partial charge in [-0.2, -0.15) is 0 Å². The first-order valence-electron chi connectivity index (χ1n) is 6.33. The maximum absolute atomic E-state index is 6.08. The van der Waals surface area contributed by atoms with Crippen molar-refractivity contribution in [1.29, 1.82) is 0 Å². The summed E-state index contributed by atoms with van der Waals surface area (Å²) in [6.45, 7) is 3.05. The van der Waals surface area contributed by atoms with Gasteiger partial charge in [-0.15, -0.1) is 11.3 Å². The standard InChI is InChI=1S/C15H18ClNOS/c1-3-17-14(10-12-5-4-8-19-12)11-6-7-13(16)15(9-11)18-2/h4-9,14,17H,3,10H2,1-2H3. The quantitative estimate of drug-likeness (QED) is 0.858. The lowest BCUT2D eigenvalue weighted by Crippen LogP contribution is -2.22. The van der Waals surface area contributed by atoms with Crippen molar-refractivity contribution in [2.24, 2.45) is 0 Å². The molecule has 0 aliphatic carbocycles. The molecule has 102 valence electrons. The molecule has 1 atom stereocenters. The van der Waals surface area contributed by atoms with Crippen LogP contribution >= 0.6 is 22.9 Å². The van der Waals surface area contributed by atoms with Crippen LogP contribution in [-0.4, -0.2) is 13.7 Å².